The van der Waals surface area contributed by atoms with Crippen LogP contribution < -0.4 is 5.32 Å². The number of anilines is 1. The summed E-state index contributed by atoms with van der Waals surface area (Å²) in [5, 5.41) is 11.5. The summed E-state index contributed by atoms with van der Waals surface area (Å²) >= 11 is 6.36. The van der Waals surface area contributed by atoms with Crippen LogP contribution in [0.1, 0.15) is 15.9 Å². The molecule has 0 saturated heterocycles. The molecule has 0 bridgehead atoms. The SMILES string of the molecule is N#Cc1cc(Br)ccc1NC(=O)c1ccc(Br)cc1F. The molecule has 100 valence electrons. The van der Waals surface area contributed by atoms with Gasteiger partial charge in [0.1, 0.15) is 11.9 Å². The highest BCUT2D eigenvalue weighted by atomic mass is 79.9. The highest BCUT2D eigenvalue weighted by Gasteiger charge is 2.14. The molecule has 0 aromatic heterocycles. The number of nitrogens with one attached hydrogen (secondary N) is 1. The Morgan fingerprint density at radius 2 is 1.80 bits per heavy atom. The first kappa shape index (κ1) is 14.7. The smallest absolute Gasteiger partial charge is 0.258 e. The third-order valence-corrected chi connectivity index (χ3v) is 3.51. The number of nitrogens with zero attached hydrogens (tertiary/aromatic N) is 1. The fourth-order valence-electron chi connectivity index (χ4n) is 1.58. The Kier molecular flexibility index (Phi) is 4.53. The Morgan fingerprint density at radius 1 is 1.15 bits per heavy atom. The van der Waals surface area contributed by atoms with E-state index in [1.54, 1.807) is 24.3 Å². The molecular formula is C14H7Br2FN2O. The van der Waals surface area contributed by atoms with Crippen molar-refractivity contribution >= 4 is 43.5 Å². The number of rotatable bonds is 2. The maximum Gasteiger partial charge on any atom is 0.258 e. The van der Waals surface area contributed by atoms with Gasteiger partial charge in [-0.1, -0.05) is 31.9 Å². The number of amides is 1. The van der Waals surface area contributed by atoms with Crippen molar-refractivity contribution in [3.63, 3.8) is 0 Å². The fraction of sp³-hybridized carbons (Fsp3) is 0. The normalized spacial score (nSPS) is 9.90. The number of carbonyl (C=O) groups is 1. The van der Waals surface area contributed by atoms with E-state index >= 15 is 0 Å². The lowest BCUT2D eigenvalue weighted by atomic mass is 10.1. The van der Waals surface area contributed by atoms with Crippen molar-refractivity contribution in [2.45, 2.75) is 0 Å². The summed E-state index contributed by atoms with van der Waals surface area (Å²) in [5.74, 6) is -1.23. The molecular weight excluding hydrogens is 391 g/mol. The second-order valence-electron chi connectivity index (χ2n) is 3.88. The largest absolute Gasteiger partial charge is 0.321 e. The molecule has 0 aliphatic carbocycles. The van der Waals surface area contributed by atoms with E-state index in [-0.39, 0.29) is 5.56 Å². The fourth-order valence-corrected chi connectivity index (χ4v) is 2.28. The minimum absolute atomic E-state index is 0.0833. The molecule has 1 amide bonds. The Morgan fingerprint density at radius 3 is 2.45 bits per heavy atom. The molecule has 20 heavy (non-hydrogen) atoms. The quantitative estimate of drug-likeness (QED) is 0.812. The van der Waals surface area contributed by atoms with Crippen LogP contribution in [0.3, 0.4) is 0 Å². The summed E-state index contributed by atoms with van der Waals surface area (Å²) in [6, 6.07) is 11.0. The molecule has 0 aliphatic heterocycles. The molecule has 0 aliphatic rings. The van der Waals surface area contributed by atoms with Crippen molar-refractivity contribution in [2.75, 3.05) is 5.32 Å². The van der Waals surface area contributed by atoms with E-state index in [9.17, 15) is 9.18 Å². The summed E-state index contributed by atoms with van der Waals surface area (Å²) in [5.41, 5.74) is 0.549. The van der Waals surface area contributed by atoms with Crippen molar-refractivity contribution in [1.82, 2.24) is 0 Å². The number of halogens is 3. The van der Waals surface area contributed by atoms with Crippen LogP contribution in [0.4, 0.5) is 10.1 Å². The molecule has 0 radical (unpaired) electrons. The molecule has 2 rings (SSSR count). The van der Waals surface area contributed by atoms with E-state index in [2.05, 4.69) is 37.2 Å². The van der Waals surface area contributed by atoms with Gasteiger partial charge in [-0.05, 0) is 36.4 Å². The average Bonchev–Trinajstić information content (AvgIpc) is 2.40. The lowest BCUT2D eigenvalue weighted by Gasteiger charge is -2.08. The minimum atomic E-state index is -0.632. The van der Waals surface area contributed by atoms with Crippen LogP contribution in [-0.4, -0.2) is 5.91 Å². The molecule has 1 N–H and O–H groups in total. The van der Waals surface area contributed by atoms with E-state index in [1.165, 1.54) is 12.1 Å². The highest BCUT2D eigenvalue weighted by molar-refractivity contribution is 9.10. The van der Waals surface area contributed by atoms with E-state index in [1.807, 2.05) is 6.07 Å². The van der Waals surface area contributed by atoms with Crippen LogP contribution in [0.15, 0.2) is 45.3 Å². The van der Waals surface area contributed by atoms with Crippen LogP contribution in [0.2, 0.25) is 0 Å². The van der Waals surface area contributed by atoms with Crippen LogP contribution in [-0.2, 0) is 0 Å². The number of carbonyl (C=O) groups excluding carboxylic acids is 1. The van der Waals surface area contributed by atoms with Crippen LogP contribution in [0, 0.1) is 17.1 Å². The van der Waals surface area contributed by atoms with E-state index < -0.39 is 11.7 Å². The first-order valence-electron chi connectivity index (χ1n) is 5.47. The summed E-state index contributed by atoms with van der Waals surface area (Å²) in [7, 11) is 0. The lowest BCUT2D eigenvalue weighted by Crippen LogP contribution is -2.14. The molecule has 0 unspecified atom stereocenters. The number of benzene rings is 2. The summed E-state index contributed by atoms with van der Waals surface area (Å²) in [6.45, 7) is 0. The Hall–Kier alpha value is -1.71. The molecule has 0 heterocycles. The standard InChI is InChI=1S/C14H7Br2FN2O/c15-9-2-4-13(8(5-9)7-18)19-14(20)11-3-1-10(16)6-12(11)17/h1-6H,(H,19,20). The van der Waals surface area contributed by atoms with Crippen molar-refractivity contribution < 1.29 is 9.18 Å². The minimum Gasteiger partial charge on any atom is -0.321 e. The monoisotopic (exact) mass is 396 g/mol. The predicted molar refractivity (Wildman–Crippen MR) is 80.9 cm³/mol. The summed E-state index contributed by atoms with van der Waals surface area (Å²) in [6.07, 6.45) is 0. The maximum absolute atomic E-state index is 13.7. The van der Waals surface area contributed by atoms with Crippen LogP contribution in [0.25, 0.3) is 0 Å². The van der Waals surface area contributed by atoms with Crippen LogP contribution in [0.5, 0.6) is 0 Å². The second kappa shape index (κ2) is 6.16. The van der Waals surface area contributed by atoms with E-state index in [0.717, 1.165) is 4.47 Å². The van der Waals surface area contributed by atoms with Gasteiger partial charge in [0.25, 0.3) is 5.91 Å². The third-order valence-electron chi connectivity index (χ3n) is 2.53. The molecule has 0 spiro atoms. The second-order valence-corrected chi connectivity index (χ2v) is 5.71. The maximum atomic E-state index is 13.7. The van der Waals surface area contributed by atoms with E-state index in [0.29, 0.717) is 15.7 Å². The first-order chi connectivity index (χ1) is 9.51. The van der Waals surface area contributed by atoms with Crippen LogP contribution >= 0.6 is 31.9 Å². The van der Waals surface area contributed by atoms with Crippen molar-refractivity contribution in [3.05, 3.63) is 62.3 Å². The Balaban J connectivity index is 2.31. The number of hydrogen-bond donors (Lipinski definition) is 1. The zero-order valence-electron chi connectivity index (χ0n) is 9.95. The van der Waals surface area contributed by atoms with Gasteiger partial charge in [-0.3, -0.25) is 4.79 Å². The van der Waals surface area contributed by atoms with Gasteiger partial charge in [0.2, 0.25) is 0 Å². The Bertz CT molecular complexity index is 726. The van der Waals surface area contributed by atoms with Gasteiger partial charge in [0.05, 0.1) is 16.8 Å². The van der Waals surface area contributed by atoms with Crippen molar-refractivity contribution in [1.29, 1.82) is 5.26 Å². The number of nitriles is 1. The molecule has 2 aromatic carbocycles. The average molecular weight is 398 g/mol. The van der Waals surface area contributed by atoms with Gasteiger partial charge in [-0.2, -0.15) is 5.26 Å². The van der Waals surface area contributed by atoms with Crippen molar-refractivity contribution in [3.8, 4) is 6.07 Å². The molecule has 0 saturated carbocycles. The zero-order chi connectivity index (χ0) is 14.7. The Labute approximate surface area is 131 Å². The molecule has 0 fully saturated rings. The first-order valence-corrected chi connectivity index (χ1v) is 7.06. The van der Waals surface area contributed by atoms with Gasteiger partial charge in [-0.15, -0.1) is 0 Å². The predicted octanol–water partition coefficient (Wildman–Crippen LogP) is 4.47. The molecule has 3 nitrogen and oxygen atoms in total. The topological polar surface area (TPSA) is 52.9 Å². The molecule has 2 aromatic rings. The zero-order valence-corrected chi connectivity index (χ0v) is 13.1. The molecule has 0 atom stereocenters. The van der Waals surface area contributed by atoms with Gasteiger partial charge in [-0.25, -0.2) is 4.39 Å². The lowest BCUT2D eigenvalue weighted by molar-refractivity contribution is 0.102. The number of hydrogen-bond acceptors (Lipinski definition) is 2. The highest BCUT2D eigenvalue weighted by Crippen LogP contribution is 2.22. The molecule has 6 heteroatoms. The summed E-state index contributed by atoms with van der Waals surface area (Å²) in [4.78, 5) is 12.0. The summed E-state index contributed by atoms with van der Waals surface area (Å²) < 4.78 is 15.0. The third kappa shape index (κ3) is 3.24. The van der Waals surface area contributed by atoms with Gasteiger partial charge in [0, 0.05) is 8.95 Å². The van der Waals surface area contributed by atoms with Gasteiger partial charge >= 0.3 is 0 Å². The van der Waals surface area contributed by atoms with Gasteiger partial charge in [0.15, 0.2) is 0 Å². The van der Waals surface area contributed by atoms with E-state index in [4.69, 9.17) is 5.26 Å². The van der Waals surface area contributed by atoms with Crippen molar-refractivity contribution in [2.24, 2.45) is 0 Å². The van der Waals surface area contributed by atoms with Gasteiger partial charge < -0.3 is 5.32 Å².